The Labute approximate surface area is 78.5 Å². The Balaban J connectivity index is 2.19. The van der Waals surface area contributed by atoms with Gasteiger partial charge in [0.25, 0.3) is 0 Å². The fourth-order valence-corrected chi connectivity index (χ4v) is 1.80. The highest BCUT2D eigenvalue weighted by Crippen LogP contribution is 2.09. The molecule has 0 aromatic carbocycles. The number of aromatic nitrogens is 3. The summed E-state index contributed by atoms with van der Waals surface area (Å²) in [7, 11) is 0. The summed E-state index contributed by atoms with van der Waals surface area (Å²) in [4.78, 5) is 4.09. The highest BCUT2D eigenvalue weighted by atomic mass is 32.1. The van der Waals surface area contributed by atoms with Crippen LogP contribution in [0.5, 0.6) is 0 Å². The predicted octanol–water partition coefficient (Wildman–Crippen LogP) is 2.12. The van der Waals surface area contributed by atoms with Crippen molar-refractivity contribution in [2.24, 2.45) is 0 Å². The number of thiophene rings is 1. The average molecular weight is 197 g/mol. The maximum absolute atomic E-state index is 4.83. The topological polar surface area (TPSA) is 44.5 Å². The SMILES string of the molecule is S=c1nc(Cc2ccsc2)[nH][nH]1. The van der Waals surface area contributed by atoms with Crippen molar-refractivity contribution >= 4 is 23.6 Å². The summed E-state index contributed by atoms with van der Waals surface area (Å²) < 4.78 is 0.514. The summed E-state index contributed by atoms with van der Waals surface area (Å²) in [6.07, 6.45) is 0.816. The normalized spacial score (nSPS) is 10.3. The van der Waals surface area contributed by atoms with Gasteiger partial charge in [-0.15, -0.1) is 0 Å². The van der Waals surface area contributed by atoms with Gasteiger partial charge in [-0.05, 0) is 34.6 Å². The molecule has 0 aliphatic rings. The van der Waals surface area contributed by atoms with Crippen LogP contribution in [0.25, 0.3) is 0 Å². The summed E-state index contributed by atoms with van der Waals surface area (Å²) in [5, 5.41) is 9.83. The Hall–Kier alpha value is -0.940. The van der Waals surface area contributed by atoms with Gasteiger partial charge in [-0.1, -0.05) is 0 Å². The van der Waals surface area contributed by atoms with Crippen LogP contribution in [0.4, 0.5) is 0 Å². The summed E-state index contributed by atoms with van der Waals surface area (Å²) >= 11 is 6.52. The molecule has 0 fully saturated rings. The monoisotopic (exact) mass is 197 g/mol. The van der Waals surface area contributed by atoms with E-state index in [2.05, 4.69) is 32.0 Å². The number of hydrogen-bond donors (Lipinski definition) is 2. The number of rotatable bonds is 2. The van der Waals surface area contributed by atoms with E-state index in [1.165, 1.54) is 5.56 Å². The second kappa shape index (κ2) is 3.20. The van der Waals surface area contributed by atoms with Crippen molar-refractivity contribution in [2.45, 2.75) is 6.42 Å². The van der Waals surface area contributed by atoms with E-state index in [0.717, 1.165) is 12.2 Å². The molecule has 0 aliphatic carbocycles. The molecule has 0 atom stereocenters. The van der Waals surface area contributed by atoms with Gasteiger partial charge in [0.05, 0.1) is 0 Å². The van der Waals surface area contributed by atoms with E-state index in [-0.39, 0.29) is 0 Å². The lowest BCUT2D eigenvalue weighted by Gasteiger charge is -1.89. The van der Waals surface area contributed by atoms with Crippen molar-refractivity contribution in [1.82, 2.24) is 15.2 Å². The van der Waals surface area contributed by atoms with Crippen LogP contribution in [-0.2, 0) is 6.42 Å². The molecular weight excluding hydrogens is 190 g/mol. The molecule has 2 aromatic heterocycles. The summed E-state index contributed by atoms with van der Waals surface area (Å²) in [5.74, 6) is 0.887. The van der Waals surface area contributed by atoms with E-state index in [4.69, 9.17) is 12.2 Å². The minimum absolute atomic E-state index is 0.514. The third-order valence-electron chi connectivity index (χ3n) is 1.50. The molecule has 5 heteroatoms. The summed E-state index contributed by atoms with van der Waals surface area (Å²) in [5.41, 5.74) is 1.26. The third kappa shape index (κ3) is 1.62. The molecule has 0 spiro atoms. The maximum Gasteiger partial charge on any atom is 0.213 e. The van der Waals surface area contributed by atoms with Crippen LogP contribution < -0.4 is 0 Å². The quantitative estimate of drug-likeness (QED) is 0.724. The predicted molar refractivity (Wildman–Crippen MR) is 50.9 cm³/mol. The van der Waals surface area contributed by atoms with E-state index >= 15 is 0 Å². The molecule has 0 saturated carbocycles. The minimum atomic E-state index is 0.514. The Morgan fingerprint density at radius 2 is 2.42 bits per heavy atom. The highest BCUT2D eigenvalue weighted by molar-refractivity contribution is 7.71. The number of hydrogen-bond acceptors (Lipinski definition) is 3. The second-order valence-corrected chi connectivity index (χ2v) is 3.59. The Morgan fingerprint density at radius 1 is 1.50 bits per heavy atom. The molecule has 2 aromatic rings. The largest absolute Gasteiger partial charge is 0.285 e. The molecule has 12 heavy (non-hydrogen) atoms. The molecule has 0 amide bonds. The van der Waals surface area contributed by atoms with E-state index in [0.29, 0.717) is 4.77 Å². The van der Waals surface area contributed by atoms with Gasteiger partial charge in [-0.3, -0.25) is 10.2 Å². The minimum Gasteiger partial charge on any atom is -0.285 e. The van der Waals surface area contributed by atoms with Crippen LogP contribution in [0.1, 0.15) is 11.4 Å². The molecule has 0 saturated heterocycles. The van der Waals surface area contributed by atoms with Gasteiger partial charge in [0, 0.05) is 6.42 Å². The fraction of sp³-hybridized carbons (Fsp3) is 0.143. The highest BCUT2D eigenvalue weighted by Gasteiger charge is 1.98. The van der Waals surface area contributed by atoms with Gasteiger partial charge < -0.3 is 0 Å². The van der Waals surface area contributed by atoms with Crippen molar-refractivity contribution in [3.63, 3.8) is 0 Å². The lowest BCUT2D eigenvalue weighted by Crippen LogP contribution is -1.87. The number of nitrogens with zero attached hydrogens (tertiary/aromatic N) is 1. The van der Waals surface area contributed by atoms with Gasteiger partial charge in [0.15, 0.2) is 0 Å². The van der Waals surface area contributed by atoms with Crippen molar-refractivity contribution < 1.29 is 0 Å². The van der Waals surface area contributed by atoms with Gasteiger partial charge in [0.2, 0.25) is 4.77 Å². The van der Waals surface area contributed by atoms with Crippen molar-refractivity contribution in [2.75, 3.05) is 0 Å². The lowest BCUT2D eigenvalue weighted by atomic mass is 10.2. The molecule has 2 rings (SSSR count). The molecule has 2 heterocycles. The maximum atomic E-state index is 4.83. The first-order valence-corrected chi connectivity index (χ1v) is 4.84. The van der Waals surface area contributed by atoms with Crippen LogP contribution in [0.3, 0.4) is 0 Å². The number of H-pyrrole nitrogens is 2. The molecule has 3 nitrogen and oxygen atoms in total. The summed E-state index contributed by atoms with van der Waals surface area (Å²) in [6.45, 7) is 0. The Morgan fingerprint density at radius 3 is 3.00 bits per heavy atom. The molecular formula is C7H7N3S2. The zero-order valence-electron chi connectivity index (χ0n) is 6.20. The smallest absolute Gasteiger partial charge is 0.213 e. The van der Waals surface area contributed by atoms with E-state index in [1.54, 1.807) is 11.3 Å². The van der Waals surface area contributed by atoms with Crippen molar-refractivity contribution in [3.8, 4) is 0 Å². The molecule has 0 aliphatic heterocycles. The lowest BCUT2D eigenvalue weighted by molar-refractivity contribution is 0.975. The van der Waals surface area contributed by atoms with E-state index in [1.807, 2.05) is 0 Å². The zero-order chi connectivity index (χ0) is 8.39. The molecule has 0 unspecified atom stereocenters. The van der Waals surface area contributed by atoms with Crippen molar-refractivity contribution in [3.05, 3.63) is 33.0 Å². The first kappa shape index (κ1) is 7.70. The molecule has 2 N–H and O–H groups in total. The standard InChI is InChI=1S/C7H7N3S2/c11-7-8-6(9-10-7)3-5-1-2-12-4-5/h1-2,4H,3H2,(H2,8,9,10,11). The first-order chi connectivity index (χ1) is 5.84. The zero-order valence-corrected chi connectivity index (χ0v) is 7.84. The number of aromatic amines is 2. The van der Waals surface area contributed by atoms with Gasteiger partial charge in [0.1, 0.15) is 5.82 Å². The summed E-state index contributed by atoms with van der Waals surface area (Å²) in [6, 6.07) is 2.08. The van der Waals surface area contributed by atoms with Crippen LogP contribution in [-0.4, -0.2) is 15.2 Å². The van der Waals surface area contributed by atoms with Crippen LogP contribution in [0, 0.1) is 4.77 Å². The molecule has 0 radical (unpaired) electrons. The van der Waals surface area contributed by atoms with Gasteiger partial charge in [-0.2, -0.15) is 11.3 Å². The fourth-order valence-electron chi connectivity index (χ4n) is 0.974. The second-order valence-electron chi connectivity index (χ2n) is 2.42. The average Bonchev–Trinajstić information content (AvgIpc) is 2.63. The van der Waals surface area contributed by atoms with Crippen molar-refractivity contribution in [1.29, 1.82) is 0 Å². The molecule has 0 bridgehead atoms. The molecule has 62 valence electrons. The first-order valence-electron chi connectivity index (χ1n) is 3.49. The van der Waals surface area contributed by atoms with E-state index < -0.39 is 0 Å². The third-order valence-corrected chi connectivity index (χ3v) is 2.43. The van der Waals surface area contributed by atoms with Gasteiger partial charge in [-0.25, -0.2) is 4.98 Å². The van der Waals surface area contributed by atoms with E-state index in [9.17, 15) is 0 Å². The Kier molecular flexibility index (Phi) is 2.05. The van der Waals surface area contributed by atoms with Gasteiger partial charge >= 0.3 is 0 Å². The van der Waals surface area contributed by atoms with Crippen LogP contribution >= 0.6 is 23.6 Å². The van der Waals surface area contributed by atoms with Crippen LogP contribution in [0.15, 0.2) is 16.8 Å². The Bertz CT molecular complexity index is 398. The van der Waals surface area contributed by atoms with Crippen LogP contribution in [0.2, 0.25) is 0 Å². The number of nitrogens with one attached hydrogen (secondary N) is 2.